The molecule has 2 aliphatic rings. The molecule has 1 amide bonds. The molecule has 3 unspecified atom stereocenters. The second-order valence-corrected chi connectivity index (χ2v) is 7.49. The quantitative estimate of drug-likeness (QED) is 0.807. The zero-order chi connectivity index (χ0) is 16.9. The van der Waals surface area contributed by atoms with Gasteiger partial charge in [-0.3, -0.25) is 4.79 Å². The van der Waals surface area contributed by atoms with Crippen LogP contribution in [0, 0.1) is 5.92 Å². The van der Waals surface area contributed by atoms with Gasteiger partial charge in [0.05, 0.1) is 7.11 Å². The molecule has 2 saturated heterocycles. The fourth-order valence-electron chi connectivity index (χ4n) is 4.20. The lowest BCUT2D eigenvalue weighted by Crippen LogP contribution is -2.39. The third kappa shape index (κ3) is 4.50. The summed E-state index contributed by atoms with van der Waals surface area (Å²) in [7, 11) is 1.68. The van der Waals surface area contributed by atoms with E-state index >= 15 is 0 Å². The highest BCUT2D eigenvalue weighted by molar-refractivity contribution is 5.76. The van der Waals surface area contributed by atoms with E-state index < -0.39 is 0 Å². The average Bonchev–Trinajstić information content (AvgIpc) is 2.93. The molecule has 24 heavy (non-hydrogen) atoms. The van der Waals surface area contributed by atoms with Gasteiger partial charge in [0.15, 0.2) is 0 Å². The number of amides is 1. The number of nitrogens with one attached hydrogen (secondary N) is 2. The molecule has 3 atom stereocenters. The maximum absolute atomic E-state index is 12.2. The van der Waals surface area contributed by atoms with E-state index in [0.29, 0.717) is 30.3 Å². The van der Waals surface area contributed by atoms with E-state index in [2.05, 4.69) is 29.7 Å². The van der Waals surface area contributed by atoms with Crippen molar-refractivity contribution in [3.8, 4) is 5.75 Å². The van der Waals surface area contributed by atoms with Crippen molar-refractivity contribution in [1.82, 2.24) is 10.6 Å². The minimum absolute atomic E-state index is 0.225. The van der Waals surface area contributed by atoms with Gasteiger partial charge in [-0.05, 0) is 61.6 Å². The molecule has 2 fully saturated rings. The number of methoxy groups -OCH3 is 1. The van der Waals surface area contributed by atoms with Crippen LogP contribution in [0.1, 0.15) is 56.9 Å². The van der Waals surface area contributed by atoms with Crippen LogP contribution < -0.4 is 15.4 Å². The molecule has 4 heteroatoms. The molecule has 4 nitrogen and oxygen atoms in total. The van der Waals surface area contributed by atoms with Gasteiger partial charge in [-0.2, -0.15) is 0 Å². The maximum Gasteiger partial charge on any atom is 0.220 e. The summed E-state index contributed by atoms with van der Waals surface area (Å²) in [5.74, 6) is 2.12. The van der Waals surface area contributed by atoms with Gasteiger partial charge in [0.1, 0.15) is 5.75 Å². The second-order valence-electron chi connectivity index (χ2n) is 7.49. The highest BCUT2D eigenvalue weighted by Crippen LogP contribution is 2.32. The SMILES string of the molecule is COc1ccc(C(C)CCNC(=O)CC2CC3CCC(C2)N3)cc1. The number of piperidine rings is 1. The molecule has 2 bridgehead atoms. The fraction of sp³-hybridized carbons (Fsp3) is 0.650. The van der Waals surface area contributed by atoms with E-state index in [1.54, 1.807) is 7.11 Å². The Morgan fingerprint density at radius 2 is 1.92 bits per heavy atom. The lowest BCUT2D eigenvalue weighted by atomic mass is 9.89. The number of carbonyl (C=O) groups is 1. The third-order valence-corrected chi connectivity index (χ3v) is 5.63. The van der Waals surface area contributed by atoms with Gasteiger partial charge in [0.2, 0.25) is 5.91 Å². The molecule has 1 aromatic rings. The second kappa shape index (κ2) is 8.02. The van der Waals surface area contributed by atoms with Crippen LogP contribution in [-0.2, 0) is 4.79 Å². The molecule has 132 valence electrons. The molecule has 0 spiro atoms. The lowest BCUT2D eigenvalue weighted by molar-refractivity contribution is -0.122. The van der Waals surface area contributed by atoms with E-state index in [4.69, 9.17) is 4.74 Å². The van der Waals surface area contributed by atoms with Gasteiger partial charge in [0.25, 0.3) is 0 Å². The van der Waals surface area contributed by atoms with Crippen molar-refractivity contribution in [2.45, 2.75) is 63.5 Å². The van der Waals surface area contributed by atoms with Crippen LogP contribution in [0.4, 0.5) is 0 Å². The Bertz CT molecular complexity index is 531. The topological polar surface area (TPSA) is 50.4 Å². The Labute approximate surface area is 145 Å². The maximum atomic E-state index is 12.2. The number of carbonyl (C=O) groups excluding carboxylic acids is 1. The first-order chi connectivity index (χ1) is 11.6. The summed E-state index contributed by atoms with van der Waals surface area (Å²) in [4.78, 5) is 12.2. The van der Waals surface area contributed by atoms with Crippen molar-refractivity contribution in [3.63, 3.8) is 0 Å². The number of rotatable bonds is 7. The molecule has 0 saturated carbocycles. The highest BCUT2D eigenvalue weighted by atomic mass is 16.5. The Morgan fingerprint density at radius 3 is 2.54 bits per heavy atom. The number of fused-ring (bicyclic) bond motifs is 2. The minimum Gasteiger partial charge on any atom is -0.497 e. The predicted octanol–water partition coefficient (Wildman–Crippen LogP) is 3.23. The number of hydrogen-bond donors (Lipinski definition) is 2. The van der Waals surface area contributed by atoms with Crippen LogP contribution in [0.5, 0.6) is 5.75 Å². The molecule has 2 heterocycles. The molecule has 1 aromatic carbocycles. The van der Waals surface area contributed by atoms with Crippen LogP contribution in [0.25, 0.3) is 0 Å². The first kappa shape index (κ1) is 17.3. The van der Waals surface area contributed by atoms with Crippen molar-refractivity contribution in [2.75, 3.05) is 13.7 Å². The van der Waals surface area contributed by atoms with E-state index in [9.17, 15) is 4.79 Å². The van der Waals surface area contributed by atoms with Gasteiger partial charge in [-0.15, -0.1) is 0 Å². The van der Waals surface area contributed by atoms with Crippen molar-refractivity contribution < 1.29 is 9.53 Å². The predicted molar refractivity (Wildman–Crippen MR) is 96.3 cm³/mol. The van der Waals surface area contributed by atoms with Crippen LogP contribution in [-0.4, -0.2) is 31.6 Å². The Kier molecular flexibility index (Phi) is 5.77. The summed E-state index contributed by atoms with van der Waals surface area (Å²) >= 11 is 0. The van der Waals surface area contributed by atoms with Crippen molar-refractivity contribution in [2.24, 2.45) is 5.92 Å². The van der Waals surface area contributed by atoms with Crippen molar-refractivity contribution in [3.05, 3.63) is 29.8 Å². The summed E-state index contributed by atoms with van der Waals surface area (Å²) in [5.41, 5.74) is 1.29. The molecular formula is C20H30N2O2. The Hall–Kier alpha value is -1.55. The lowest BCUT2D eigenvalue weighted by Gasteiger charge is -2.28. The number of hydrogen-bond acceptors (Lipinski definition) is 3. The molecule has 2 aliphatic heterocycles. The van der Waals surface area contributed by atoms with Gasteiger partial charge in [-0.1, -0.05) is 19.1 Å². The standard InChI is InChI=1S/C20H30N2O2/c1-14(16-3-7-19(24-2)8-4-16)9-10-21-20(23)13-15-11-17-5-6-18(12-15)22-17/h3-4,7-8,14-15,17-18,22H,5-6,9-13H2,1-2H3,(H,21,23). The Balaban J connectivity index is 1.36. The average molecular weight is 330 g/mol. The summed E-state index contributed by atoms with van der Waals surface area (Å²) in [6.45, 7) is 2.96. The van der Waals surface area contributed by atoms with Gasteiger partial charge in [0, 0.05) is 25.0 Å². The largest absolute Gasteiger partial charge is 0.497 e. The molecule has 0 aliphatic carbocycles. The van der Waals surface area contributed by atoms with E-state index in [1.165, 1.54) is 31.2 Å². The molecule has 0 radical (unpaired) electrons. The fourth-order valence-corrected chi connectivity index (χ4v) is 4.20. The van der Waals surface area contributed by atoms with Gasteiger partial charge >= 0.3 is 0 Å². The van der Waals surface area contributed by atoms with Gasteiger partial charge in [-0.25, -0.2) is 0 Å². The first-order valence-electron chi connectivity index (χ1n) is 9.30. The highest BCUT2D eigenvalue weighted by Gasteiger charge is 2.34. The summed E-state index contributed by atoms with van der Waals surface area (Å²) in [5, 5.41) is 6.76. The van der Waals surface area contributed by atoms with E-state index in [-0.39, 0.29) is 5.91 Å². The summed E-state index contributed by atoms with van der Waals surface area (Å²) in [6.07, 6.45) is 6.60. The third-order valence-electron chi connectivity index (χ3n) is 5.63. The van der Waals surface area contributed by atoms with E-state index in [0.717, 1.165) is 18.7 Å². The van der Waals surface area contributed by atoms with Crippen LogP contribution >= 0.6 is 0 Å². The first-order valence-corrected chi connectivity index (χ1v) is 9.30. The van der Waals surface area contributed by atoms with Crippen molar-refractivity contribution >= 4 is 5.91 Å². The monoisotopic (exact) mass is 330 g/mol. The van der Waals surface area contributed by atoms with Crippen LogP contribution in [0.15, 0.2) is 24.3 Å². The zero-order valence-corrected chi connectivity index (χ0v) is 14.9. The molecular weight excluding hydrogens is 300 g/mol. The summed E-state index contributed by atoms with van der Waals surface area (Å²) in [6, 6.07) is 9.53. The molecule has 0 aromatic heterocycles. The van der Waals surface area contributed by atoms with Crippen LogP contribution in [0.2, 0.25) is 0 Å². The Morgan fingerprint density at radius 1 is 1.25 bits per heavy atom. The van der Waals surface area contributed by atoms with Gasteiger partial charge < -0.3 is 15.4 Å². The number of ether oxygens (including phenoxy) is 1. The molecule has 2 N–H and O–H groups in total. The normalized spacial score (nSPS) is 26.8. The van der Waals surface area contributed by atoms with E-state index in [1.807, 2.05) is 12.1 Å². The minimum atomic E-state index is 0.225. The smallest absolute Gasteiger partial charge is 0.220 e. The zero-order valence-electron chi connectivity index (χ0n) is 14.9. The molecule has 3 rings (SSSR count). The number of benzene rings is 1. The van der Waals surface area contributed by atoms with Crippen LogP contribution in [0.3, 0.4) is 0 Å². The summed E-state index contributed by atoms with van der Waals surface area (Å²) < 4.78 is 5.19. The van der Waals surface area contributed by atoms with Crippen molar-refractivity contribution in [1.29, 1.82) is 0 Å².